The second-order valence-corrected chi connectivity index (χ2v) is 9.82. The lowest BCUT2D eigenvalue weighted by Crippen LogP contribution is -2.45. The normalized spacial score (nSPS) is 25.0. The van der Waals surface area contributed by atoms with E-state index in [4.69, 9.17) is 4.74 Å². The Balaban J connectivity index is 1.12. The summed E-state index contributed by atoms with van der Waals surface area (Å²) in [6, 6.07) is 17.4. The lowest BCUT2D eigenvalue weighted by molar-refractivity contribution is 0.0934. The molecule has 2 unspecified atom stereocenters. The molecule has 2 atom stereocenters. The van der Waals surface area contributed by atoms with Crippen molar-refractivity contribution in [2.24, 2.45) is 0 Å². The summed E-state index contributed by atoms with van der Waals surface area (Å²) in [6.45, 7) is 12.7. The van der Waals surface area contributed by atoms with Crippen LogP contribution in [0.4, 0.5) is 0 Å². The number of nitrogens with zero attached hydrogens (tertiary/aromatic N) is 3. The van der Waals surface area contributed by atoms with Gasteiger partial charge in [-0.25, -0.2) is 0 Å². The number of epoxide rings is 1. The molecule has 0 saturated carbocycles. The SMILES string of the molecule is CCN1CCN(Cc2cccc(C3(NCC(O)CN4CCc5ccccc5C4)CO3)c2)CC1. The highest BCUT2D eigenvalue weighted by Gasteiger charge is 2.46. The Morgan fingerprint density at radius 3 is 2.48 bits per heavy atom. The highest BCUT2D eigenvalue weighted by Crippen LogP contribution is 2.36. The fraction of sp³-hybridized carbons (Fsp3) is 0.556. The fourth-order valence-corrected chi connectivity index (χ4v) is 5.24. The van der Waals surface area contributed by atoms with Crippen molar-refractivity contribution < 1.29 is 9.84 Å². The van der Waals surface area contributed by atoms with E-state index in [2.05, 4.69) is 75.5 Å². The van der Waals surface area contributed by atoms with Gasteiger partial charge < -0.3 is 14.7 Å². The molecule has 2 aromatic carbocycles. The predicted octanol–water partition coefficient (Wildman–Crippen LogP) is 2.02. The summed E-state index contributed by atoms with van der Waals surface area (Å²) in [7, 11) is 0. The second kappa shape index (κ2) is 10.2. The van der Waals surface area contributed by atoms with Crippen LogP contribution in [0, 0.1) is 0 Å². The summed E-state index contributed by atoms with van der Waals surface area (Å²) in [5.74, 6) is 0. The van der Waals surface area contributed by atoms with Gasteiger partial charge in [0.05, 0.1) is 12.7 Å². The first-order valence-electron chi connectivity index (χ1n) is 12.5. The second-order valence-electron chi connectivity index (χ2n) is 9.82. The summed E-state index contributed by atoms with van der Waals surface area (Å²) in [5, 5.41) is 14.2. The molecule has 3 aliphatic heterocycles. The van der Waals surface area contributed by atoms with Crippen molar-refractivity contribution in [3.05, 3.63) is 70.8 Å². The van der Waals surface area contributed by atoms with E-state index in [0.717, 1.165) is 58.8 Å². The van der Waals surface area contributed by atoms with Crippen LogP contribution in [0.1, 0.15) is 29.2 Å². The van der Waals surface area contributed by atoms with Gasteiger partial charge in [-0.3, -0.25) is 15.1 Å². The van der Waals surface area contributed by atoms with E-state index in [1.807, 2.05) is 0 Å². The molecule has 0 spiro atoms. The molecule has 0 radical (unpaired) electrons. The van der Waals surface area contributed by atoms with E-state index >= 15 is 0 Å². The number of likely N-dealkylation sites (N-methyl/N-ethyl adjacent to an activating group) is 1. The van der Waals surface area contributed by atoms with Crippen molar-refractivity contribution in [3.8, 4) is 0 Å². The van der Waals surface area contributed by atoms with Crippen LogP contribution >= 0.6 is 0 Å². The van der Waals surface area contributed by atoms with Crippen molar-refractivity contribution in [1.29, 1.82) is 0 Å². The minimum Gasteiger partial charge on any atom is -0.390 e. The van der Waals surface area contributed by atoms with Gasteiger partial charge in [0.2, 0.25) is 0 Å². The maximum Gasteiger partial charge on any atom is 0.169 e. The zero-order chi connectivity index (χ0) is 22.7. The van der Waals surface area contributed by atoms with Crippen molar-refractivity contribution in [3.63, 3.8) is 0 Å². The number of hydrogen-bond donors (Lipinski definition) is 2. The number of piperazine rings is 1. The molecule has 3 heterocycles. The number of aliphatic hydroxyl groups excluding tert-OH is 1. The third-order valence-corrected chi connectivity index (χ3v) is 7.45. The van der Waals surface area contributed by atoms with Crippen LogP contribution in [-0.4, -0.2) is 84.9 Å². The standard InChI is InChI=1S/C27H38N4O2/c1-2-29-12-14-30(15-13-29)18-22-6-5-9-25(16-22)27(21-33-27)28-17-26(32)20-31-11-10-23-7-3-4-8-24(23)19-31/h3-9,16,26,28,32H,2,10-15,17-21H2,1H3. The van der Waals surface area contributed by atoms with Crippen molar-refractivity contribution >= 4 is 0 Å². The third kappa shape index (κ3) is 5.65. The summed E-state index contributed by atoms with van der Waals surface area (Å²) in [6.07, 6.45) is 0.637. The van der Waals surface area contributed by atoms with Crippen molar-refractivity contribution in [2.45, 2.75) is 38.3 Å². The summed E-state index contributed by atoms with van der Waals surface area (Å²) in [4.78, 5) is 7.41. The smallest absolute Gasteiger partial charge is 0.169 e. The minimum atomic E-state index is -0.438. The zero-order valence-corrected chi connectivity index (χ0v) is 19.9. The van der Waals surface area contributed by atoms with Gasteiger partial charge in [-0.15, -0.1) is 0 Å². The molecule has 2 fully saturated rings. The molecule has 0 aliphatic carbocycles. The Hall–Kier alpha value is -1.80. The number of hydrogen-bond acceptors (Lipinski definition) is 6. The number of β-amino-alcohol motifs (C(OH)–C–C–N with tert-alkyl or cyclic N) is 1. The average Bonchev–Trinajstić information content (AvgIpc) is 3.65. The number of benzene rings is 2. The van der Waals surface area contributed by atoms with E-state index in [1.165, 1.54) is 22.3 Å². The molecule has 0 aromatic heterocycles. The molecular weight excluding hydrogens is 412 g/mol. The molecule has 6 heteroatoms. The van der Waals surface area contributed by atoms with Crippen LogP contribution in [0.15, 0.2) is 48.5 Å². The number of fused-ring (bicyclic) bond motifs is 1. The van der Waals surface area contributed by atoms with E-state index in [-0.39, 0.29) is 0 Å². The zero-order valence-electron chi connectivity index (χ0n) is 19.9. The maximum atomic E-state index is 10.7. The first kappa shape index (κ1) is 23.0. The van der Waals surface area contributed by atoms with Crippen molar-refractivity contribution in [1.82, 2.24) is 20.0 Å². The number of rotatable bonds is 9. The van der Waals surface area contributed by atoms with Gasteiger partial charge in [0.15, 0.2) is 5.72 Å². The highest BCUT2D eigenvalue weighted by atomic mass is 16.6. The van der Waals surface area contributed by atoms with Crippen LogP contribution in [-0.2, 0) is 30.0 Å². The van der Waals surface area contributed by atoms with Crippen molar-refractivity contribution in [2.75, 3.05) is 59.0 Å². The molecule has 178 valence electrons. The molecule has 5 rings (SSSR count). The molecule has 0 bridgehead atoms. The number of aliphatic hydroxyl groups is 1. The summed E-state index contributed by atoms with van der Waals surface area (Å²) in [5.41, 5.74) is 4.90. The Bertz CT molecular complexity index is 924. The van der Waals surface area contributed by atoms with Crippen LogP contribution < -0.4 is 5.32 Å². The maximum absolute atomic E-state index is 10.7. The van der Waals surface area contributed by atoms with Gasteiger partial charge in [-0.2, -0.15) is 0 Å². The summed E-state index contributed by atoms with van der Waals surface area (Å²) >= 11 is 0. The molecular formula is C27H38N4O2. The molecule has 2 aromatic rings. The molecule has 6 nitrogen and oxygen atoms in total. The number of nitrogens with one attached hydrogen (secondary N) is 1. The third-order valence-electron chi connectivity index (χ3n) is 7.45. The lowest BCUT2D eigenvalue weighted by Gasteiger charge is -2.34. The van der Waals surface area contributed by atoms with Crippen LogP contribution in [0.2, 0.25) is 0 Å². The summed E-state index contributed by atoms with van der Waals surface area (Å²) < 4.78 is 5.89. The van der Waals surface area contributed by atoms with Crippen LogP contribution in [0.3, 0.4) is 0 Å². The van der Waals surface area contributed by atoms with E-state index in [0.29, 0.717) is 19.7 Å². The Kier molecular flexibility index (Phi) is 7.11. The Labute approximate surface area is 198 Å². The van der Waals surface area contributed by atoms with Gasteiger partial charge in [0.1, 0.15) is 0 Å². The highest BCUT2D eigenvalue weighted by molar-refractivity contribution is 5.31. The van der Waals surface area contributed by atoms with Gasteiger partial charge in [0, 0.05) is 64.5 Å². The monoisotopic (exact) mass is 450 g/mol. The van der Waals surface area contributed by atoms with E-state index < -0.39 is 11.8 Å². The average molecular weight is 451 g/mol. The molecule has 3 aliphatic rings. The van der Waals surface area contributed by atoms with Gasteiger partial charge in [-0.05, 0) is 29.7 Å². The van der Waals surface area contributed by atoms with Gasteiger partial charge in [0.25, 0.3) is 0 Å². The molecule has 0 amide bonds. The quantitative estimate of drug-likeness (QED) is 0.570. The fourth-order valence-electron chi connectivity index (χ4n) is 5.24. The number of ether oxygens (including phenoxy) is 1. The molecule has 2 saturated heterocycles. The minimum absolute atomic E-state index is 0.422. The van der Waals surface area contributed by atoms with Gasteiger partial charge >= 0.3 is 0 Å². The first-order valence-corrected chi connectivity index (χ1v) is 12.5. The Morgan fingerprint density at radius 2 is 1.73 bits per heavy atom. The van der Waals surface area contributed by atoms with Gasteiger partial charge in [-0.1, -0.05) is 55.5 Å². The topological polar surface area (TPSA) is 54.5 Å². The van der Waals surface area contributed by atoms with Crippen LogP contribution in [0.5, 0.6) is 0 Å². The largest absolute Gasteiger partial charge is 0.390 e. The van der Waals surface area contributed by atoms with E-state index in [9.17, 15) is 5.11 Å². The molecule has 33 heavy (non-hydrogen) atoms. The Morgan fingerprint density at radius 1 is 0.970 bits per heavy atom. The molecule has 2 N–H and O–H groups in total. The van der Waals surface area contributed by atoms with E-state index in [1.54, 1.807) is 0 Å². The predicted molar refractivity (Wildman–Crippen MR) is 131 cm³/mol. The lowest BCUT2D eigenvalue weighted by atomic mass is 9.99. The first-order chi connectivity index (χ1) is 16.1. The van der Waals surface area contributed by atoms with Crippen LogP contribution in [0.25, 0.3) is 0 Å².